The molecule has 202 valence electrons. The zero-order valence-electron chi connectivity index (χ0n) is 21.9. The Labute approximate surface area is 223 Å². The largest absolute Gasteiger partial charge is 0.490 e. The van der Waals surface area contributed by atoms with Crippen molar-refractivity contribution in [3.63, 3.8) is 0 Å². The van der Waals surface area contributed by atoms with Gasteiger partial charge >= 0.3 is 0 Å². The Morgan fingerprint density at radius 2 is 1.68 bits per heavy atom. The molecule has 3 aromatic carbocycles. The van der Waals surface area contributed by atoms with Gasteiger partial charge in [-0.3, -0.25) is 0 Å². The maximum Gasteiger partial charge on any atom is 0.142 e. The Morgan fingerprint density at radius 1 is 0.895 bits per heavy atom. The molecular weight excluding hydrogens is 482 g/mol. The van der Waals surface area contributed by atoms with Crippen LogP contribution in [0.1, 0.15) is 53.7 Å². The molecule has 2 aliphatic rings. The Morgan fingerprint density at radius 3 is 2.42 bits per heavy atom. The van der Waals surface area contributed by atoms with Crippen LogP contribution in [0.2, 0.25) is 0 Å². The second kappa shape index (κ2) is 11.4. The maximum atomic E-state index is 10.7. The molecule has 1 saturated heterocycles. The third kappa shape index (κ3) is 5.44. The molecule has 4 unspecified atom stereocenters. The van der Waals surface area contributed by atoms with E-state index in [0.717, 1.165) is 35.7 Å². The van der Waals surface area contributed by atoms with Gasteiger partial charge in [0.05, 0.1) is 18.8 Å². The highest BCUT2D eigenvalue weighted by Crippen LogP contribution is 2.37. The van der Waals surface area contributed by atoms with Crippen molar-refractivity contribution in [2.24, 2.45) is 0 Å². The molecule has 0 amide bonds. The van der Waals surface area contributed by atoms with Crippen LogP contribution in [-0.2, 0) is 17.7 Å². The van der Waals surface area contributed by atoms with E-state index >= 15 is 0 Å². The summed E-state index contributed by atoms with van der Waals surface area (Å²) >= 11 is 0. The average molecular weight is 520 g/mol. The van der Waals surface area contributed by atoms with E-state index in [2.05, 4.69) is 55.1 Å². The topological polar surface area (TPSA) is 103 Å². The van der Waals surface area contributed by atoms with E-state index in [1.807, 2.05) is 30.3 Å². The minimum atomic E-state index is -1.41. The number of aliphatic hydroxyl groups excluding tert-OH is 4. The van der Waals surface area contributed by atoms with E-state index < -0.39 is 37.1 Å². The smallest absolute Gasteiger partial charge is 0.142 e. The SMILES string of the molecule is CC(C)c1ccc(C2O[C@H](CO)C(O)C(O)C2O)cc1Cc1ccc2c(c1)N(Cc1ccccc1)CCO2. The van der Waals surface area contributed by atoms with Crippen LogP contribution in [0.4, 0.5) is 5.69 Å². The Balaban J connectivity index is 1.44. The lowest BCUT2D eigenvalue weighted by Gasteiger charge is -2.40. The van der Waals surface area contributed by atoms with Crippen molar-refractivity contribution in [3.8, 4) is 5.75 Å². The first-order chi connectivity index (χ1) is 18.4. The van der Waals surface area contributed by atoms with Gasteiger partial charge in [-0.15, -0.1) is 0 Å². The number of benzene rings is 3. The number of fused-ring (bicyclic) bond motifs is 1. The predicted octanol–water partition coefficient (Wildman–Crippen LogP) is 3.31. The summed E-state index contributed by atoms with van der Waals surface area (Å²) in [7, 11) is 0. The molecule has 0 spiro atoms. The lowest BCUT2D eigenvalue weighted by Crippen LogP contribution is -2.55. The van der Waals surface area contributed by atoms with Crippen LogP contribution >= 0.6 is 0 Å². The number of nitrogens with zero attached hydrogens (tertiary/aromatic N) is 1. The highest BCUT2D eigenvalue weighted by Gasteiger charge is 2.44. The van der Waals surface area contributed by atoms with E-state index in [-0.39, 0.29) is 5.92 Å². The van der Waals surface area contributed by atoms with Crippen molar-refractivity contribution in [1.82, 2.24) is 0 Å². The van der Waals surface area contributed by atoms with Crippen molar-refractivity contribution < 1.29 is 29.9 Å². The molecule has 38 heavy (non-hydrogen) atoms. The lowest BCUT2D eigenvalue weighted by molar-refractivity contribution is -0.231. The molecule has 7 heteroatoms. The Kier molecular flexibility index (Phi) is 8.02. The van der Waals surface area contributed by atoms with Gasteiger partial charge in [0, 0.05) is 6.54 Å². The van der Waals surface area contributed by atoms with Gasteiger partial charge in [-0.25, -0.2) is 0 Å². The molecule has 3 aromatic rings. The second-order valence-electron chi connectivity index (χ2n) is 10.6. The van der Waals surface area contributed by atoms with Gasteiger partial charge in [0.25, 0.3) is 0 Å². The number of ether oxygens (including phenoxy) is 2. The van der Waals surface area contributed by atoms with Gasteiger partial charge in [0.2, 0.25) is 0 Å². The van der Waals surface area contributed by atoms with Crippen molar-refractivity contribution in [1.29, 1.82) is 0 Å². The molecule has 0 aliphatic carbocycles. The molecule has 2 heterocycles. The van der Waals surface area contributed by atoms with E-state index in [1.54, 1.807) is 0 Å². The third-order valence-electron chi connectivity index (χ3n) is 7.60. The number of aliphatic hydroxyl groups is 4. The Hall–Kier alpha value is -2.94. The monoisotopic (exact) mass is 519 g/mol. The highest BCUT2D eigenvalue weighted by molar-refractivity contribution is 5.62. The zero-order chi connectivity index (χ0) is 26.8. The van der Waals surface area contributed by atoms with Crippen molar-refractivity contribution >= 4 is 5.69 Å². The molecule has 7 nitrogen and oxygen atoms in total. The van der Waals surface area contributed by atoms with Gasteiger partial charge in [0.15, 0.2) is 0 Å². The standard InChI is InChI=1S/C31H37NO6/c1-19(2)24-10-9-22(31-30(36)29(35)28(34)27(18-33)38-31)16-23(24)14-21-8-11-26-25(15-21)32(12-13-37-26)17-20-6-4-3-5-7-20/h3-11,15-16,19,27-31,33-36H,12-14,17-18H2,1-2H3/t27-,28?,29?,30?,31?/m1/s1. The minimum Gasteiger partial charge on any atom is -0.490 e. The molecule has 1 fully saturated rings. The lowest BCUT2D eigenvalue weighted by atomic mass is 9.86. The first-order valence-corrected chi connectivity index (χ1v) is 13.3. The second-order valence-corrected chi connectivity index (χ2v) is 10.6. The predicted molar refractivity (Wildman–Crippen MR) is 145 cm³/mol. The van der Waals surface area contributed by atoms with Crippen LogP contribution in [0.25, 0.3) is 0 Å². The summed E-state index contributed by atoms with van der Waals surface area (Å²) in [6.07, 6.45) is -5.22. The van der Waals surface area contributed by atoms with Gasteiger partial charge in [-0.05, 0) is 52.3 Å². The molecule has 5 atom stereocenters. The van der Waals surface area contributed by atoms with E-state index in [0.29, 0.717) is 18.6 Å². The van der Waals surface area contributed by atoms with Gasteiger partial charge in [0.1, 0.15) is 42.9 Å². The molecule has 5 rings (SSSR count). The van der Waals surface area contributed by atoms with Gasteiger partial charge in [-0.1, -0.05) is 68.4 Å². The Bertz CT molecular complexity index is 1230. The van der Waals surface area contributed by atoms with Crippen molar-refractivity contribution in [2.75, 3.05) is 24.7 Å². The summed E-state index contributed by atoms with van der Waals surface area (Å²) in [4.78, 5) is 2.35. The van der Waals surface area contributed by atoms with Crippen molar-refractivity contribution in [2.45, 2.75) is 63.3 Å². The van der Waals surface area contributed by atoms with Crippen LogP contribution in [0, 0.1) is 0 Å². The molecule has 2 aliphatic heterocycles. The summed E-state index contributed by atoms with van der Waals surface area (Å²) < 4.78 is 11.8. The number of hydrogen-bond donors (Lipinski definition) is 4. The quantitative estimate of drug-likeness (QED) is 0.380. The summed E-state index contributed by atoms with van der Waals surface area (Å²) in [5.41, 5.74) is 6.46. The van der Waals surface area contributed by atoms with Crippen LogP contribution in [0.15, 0.2) is 66.7 Å². The molecule has 0 saturated carbocycles. The van der Waals surface area contributed by atoms with Crippen LogP contribution in [-0.4, -0.2) is 64.6 Å². The fourth-order valence-corrected chi connectivity index (χ4v) is 5.51. The summed E-state index contributed by atoms with van der Waals surface area (Å²) in [6, 6.07) is 22.7. The van der Waals surface area contributed by atoms with Crippen LogP contribution in [0.3, 0.4) is 0 Å². The normalized spacial score (nSPS) is 25.2. The van der Waals surface area contributed by atoms with Gasteiger partial charge in [-0.2, -0.15) is 0 Å². The van der Waals surface area contributed by atoms with E-state index in [4.69, 9.17) is 9.47 Å². The molecule has 4 N–H and O–H groups in total. The molecule has 0 aromatic heterocycles. The molecule has 0 radical (unpaired) electrons. The van der Waals surface area contributed by atoms with Crippen LogP contribution in [0.5, 0.6) is 5.75 Å². The fraction of sp³-hybridized carbons (Fsp3) is 0.419. The third-order valence-corrected chi connectivity index (χ3v) is 7.60. The van der Waals surface area contributed by atoms with E-state index in [1.165, 1.54) is 11.1 Å². The summed E-state index contributed by atoms with van der Waals surface area (Å²) in [5.74, 6) is 1.17. The van der Waals surface area contributed by atoms with Crippen LogP contribution < -0.4 is 9.64 Å². The fourth-order valence-electron chi connectivity index (χ4n) is 5.51. The van der Waals surface area contributed by atoms with Gasteiger partial charge < -0.3 is 34.8 Å². The first-order valence-electron chi connectivity index (χ1n) is 13.3. The number of hydrogen-bond acceptors (Lipinski definition) is 7. The summed E-state index contributed by atoms with van der Waals surface area (Å²) in [5, 5.41) is 40.8. The summed E-state index contributed by atoms with van der Waals surface area (Å²) in [6.45, 7) is 6.12. The first kappa shape index (κ1) is 26.7. The maximum absolute atomic E-state index is 10.7. The van der Waals surface area contributed by atoms with Crippen molar-refractivity contribution in [3.05, 3.63) is 94.5 Å². The highest BCUT2D eigenvalue weighted by atomic mass is 16.5. The minimum absolute atomic E-state index is 0.282. The zero-order valence-corrected chi connectivity index (χ0v) is 21.9. The number of rotatable bonds is 7. The molecular formula is C31H37NO6. The number of anilines is 1. The molecule has 0 bridgehead atoms. The average Bonchev–Trinajstić information content (AvgIpc) is 2.93. The van der Waals surface area contributed by atoms with E-state index in [9.17, 15) is 20.4 Å².